The standard InChI is InChI=1S/C16H21F2NO4/c1-10(19-15(21)23-16(2,3)4)8-13(20)11-6-5-7-12(9-11)22-14(17)18/h5-7,9-10,14H,8H2,1-4H3,(H,19,21). The molecule has 0 aliphatic carbocycles. The van der Waals surface area contributed by atoms with Gasteiger partial charge in [0.15, 0.2) is 5.78 Å². The number of carbonyl (C=O) groups is 2. The number of carbonyl (C=O) groups excluding carboxylic acids is 2. The highest BCUT2D eigenvalue weighted by Gasteiger charge is 2.19. The quantitative estimate of drug-likeness (QED) is 0.807. The van der Waals surface area contributed by atoms with Crippen molar-refractivity contribution in [3.63, 3.8) is 0 Å². The maximum Gasteiger partial charge on any atom is 0.407 e. The van der Waals surface area contributed by atoms with E-state index in [9.17, 15) is 18.4 Å². The summed E-state index contributed by atoms with van der Waals surface area (Å²) in [7, 11) is 0. The summed E-state index contributed by atoms with van der Waals surface area (Å²) in [6.45, 7) is 3.90. The monoisotopic (exact) mass is 329 g/mol. The van der Waals surface area contributed by atoms with Gasteiger partial charge in [-0.3, -0.25) is 4.79 Å². The lowest BCUT2D eigenvalue weighted by Crippen LogP contribution is -2.38. The maximum absolute atomic E-state index is 12.2. The van der Waals surface area contributed by atoms with Crippen molar-refractivity contribution in [2.75, 3.05) is 0 Å². The van der Waals surface area contributed by atoms with Crippen LogP contribution in [-0.2, 0) is 4.74 Å². The summed E-state index contributed by atoms with van der Waals surface area (Å²) in [6, 6.07) is 5.08. The molecule has 0 saturated carbocycles. The van der Waals surface area contributed by atoms with E-state index in [4.69, 9.17) is 4.74 Å². The van der Waals surface area contributed by atoms with Gasteiger partial charge in [0, 0.05) is 18.0 Å². The number of benzene rings is 1. The zero-order valence-corrected chi connectivity index (χ0v) is 13.6. The van der Waals surface area contributed by atoms with E-state index in [1.807, 2.05) is 0 Å². The first-order valence-electron chi connectivity index (χ1n) is 7.14. The minimum Gasteiger partial charge on any atom is -0.444 e. The molecule has 0 spiro atoms. The lowest BCUT2D eigenvalue weighted by molar-refractivity contribution is -0.0499. The molecule has 1 rings (SSSR count). The molecule has 128 valence electrons. The highest BCUT2D eigenvalue weighted by Crippen LogP contribution is 2.17. The van der Waals surface area contributed by atoms with Crippen LogP contribution in [0.4, 0.5) is 13.6 Å². The third-order valence-corrected chi connectivity index (χ3v) is 2.64. The van der Waals surface area contributed by atoms with Crippen LogP contribution in [0.25, 0.3) is 0 Å². The van der Waals surface area contributed by atoms with Crippen molar-refractivity contribution < 1.29 is 27.8 Å². The van der Waals surface area contributed by atoms with Crippen molar-refractivity contribution in [3.8, 4) is 5.75 Å². The second-order valence-electron chi connectivity index (χ2n) is 6.08. The molecule has 1 aromatic carbocycles. The zero-order valence-electron chi connectivity index (χ0n) is 13.6. The molecular weight excluding hydrogens is 308 g/mol. The molecule has 0 saturated heterocycles. The topological polar surface area (TPSA) is 64.6 Å². The van der Waals surface area contributed by atoms with E-state index < -0.39 is 24.3 Å². The molecule has 7 heteroatoms. The molecule has 0 aliphatic heterocycles. The van der Waals surface area contributed by atoms with Crippen LogP contribution in [0.2, 0.25) is 0 Å². The van der Waals surface area contributed by atoms with Gasteiger partial charge in [0.05, 0.1) is 0 Å². The second-order valence-corrected chi connectivity index (χ2v) is 6.08. The van der Waals surface area contributed by atoms with Crippen LogP contribution in [0.1, 0.15) is 44.5 Å². The Hall–Kier alpha value is -2.18. The SMILES string of the molecule is CC(CC(=O)c1cccc(OC(F)F)c1)NC(=O)OC(C)(C)C. The molecule has 23 heavy (non-hydrogen) atoms. The number of halogens is 2. The number of nitrogens with one attached hydrogen (secondary N) is 1. The molecule has 1 unspecified atom stereocenters. The van der Waals surface area contributed by atoms with Gasteiger partial charge in [-0.25, -0.2) is 4.79 Å². The van der Waals surface area contributed by atoms with Crippen LogP contribution < -0.4 is 10.1 Å². The van der Waals surface area contributed by atoms with Crippen molar-refractivity contribution in [2.24, 2.45) is 0 Å². The fourth-order valence-corrected chi connectivity index (χ4v) is 1.80. The van der Waals surface area contributed by atoms with Gasteiger partial charge in [0.25, 0.3) is 0 Å². The predicted molar refractivity (Wildman–Crippen MR) is 80.9 cm³/mol. The van der Waals surface area contributed by atoms with Gasteiger partial charge in [-0.05, 0) is 39.8 Å². The molecular formula is C16H21F2NO4. The molecule has 1 aromatic rings. The van der Waals surface area contributed by atoms with Gasteiger partial charge in [0.1, 0.15) is 11.4 Å². The summed E-state index contributed by atoms with van der Waals surface area (Å²) in [5, 5.41) is 2.55. The molecule has 5 nitrogen and oxygen atoms in total. The average molecular weight is 329 g/mol. The van der Waals surface area contributed by atoms with Crippen LogP contribution >= 0.6 is 0 Å². The second kappa shape index (κ2) is 7.89. The fourth-order valence-electron chi connectivity index (χ4n) is 1.80. The van der Waals surface area contributed by atoms with E-state index >= 15 is 0 Å². The van der Waals surface area contributed by atoms with E-state index in [1.165, 1.54) is 24.3 Å². The Labute approximate surface area is 134 Å². The number of ketones is 1. The van der Waals surface area contributed by atoms with E-state index in [1.54, 1.807) is 27.7 Å². The van der Waals surface area contributed by atoms with Gasteiger partial charge in [-0.15, -0.1) is 0 Å². The van der Waals surface area contributed by atoms with Gasteiger partial charge in [-0.1, -0.05) is 12.1 Å². The molecule has 0 aromatic heterocycles. The van der Waals surface area contributed by atoms with E-state index in [0.29, 0.717) is 0 Å². The van der Waals surface area contributed by atoms with Crippen molar-refractivity contribution >= 4 is 11.9 Å². The molecule has 0 fully saturated rings. The molecule has 1 N–H and O–H groups in total. The zero-order chi connectivity index (χ0) is 17.6. The molecule has 0 aliphatic rings. The molecule has 1 atom stereocenters. The summed E-state index contributed by atoms with van der Waals surface area (Å²) < 4.78 is 33.7. The Balaban J connectivity index is 2.60. The van der Waals surface area contributed by atoms with Crippen molar-refractivity contribution in [1.29, 1.82) is 0 Å². The summed E-state index contributed by atoms with van der Waals surface area (Å²) in [6.07, 6.45) is -0.607. The average Bonchev–Trinajstić information content (AvgIpc) is 2.35. The number of hydrogen-bond donors (Lipinski definition) is 1. The van der Waals surface area contributed by atoms with E-state index in [0.717, 1.165) is 0 Å². The third kappa shape index (κ3) is 7.58. The smallest absolute Gasteiger partial charge is 0.407 e. The summed E-state index contributed by atoms with van der Waals surface area (Å²) in [5.41, 5.74) is -0.393. The Kier molecular flexibility index (Phi) is 6.48. The van der Waals surface area contributed by atoms with Crippen molar-refractivity contribution in [1.82, 2.24) is 5.32 Å². The fraction of sp³-hybridized carbons (Fsp3) is 0.500. The van der Waals surface area contributed by atoms with Gasteiger partial charge < -0.3 is 14.8 Å². The van der Waals surface area contributed by atoms with Crippen LogP contribution in [0.15, 0.2) is 24.3 Å². The largest absolute Gasteiger partial charge is 0.444 e. The van der Waals surface area contributed by atoms with E-state index in [2.05, 4.69) is 10.1 Å². The lowest BCUT2D eigenvalue weighted by Gasteiger charge is -2.21. The van der Waals surface area contributed by atoms with E-state index in [-0.39, 0.29) is 23.5 Å². The Morgan fingerprint density at radius 1 is 1.26 bits per heavy atom. The maximum atomic E-state index is 12.2. The first-order valence-corrected chi connectivity index (χ1v) is 7.14. The Bertz CT molecular complexity index is 555. The molecule has 0 bridgehead atoms. The van der Waals surface area contributed by atoms with Crippen LogP contribution in [0.3, 0.4) is 0 Å². The number of Topliss-reactive ketones (excluding diaryl/α,β-unsaturated/α-hetero) is 1. The summed E-state index contributed by atoms with van der Waals surface area (Å²) in [4.78, 5) is 23.7. The predicted octanol–water partition coefficient (Wildman–Crippen LogP) is 3.77. The van der Waals surface area contributed by atoms with Crippen LogP contribution in [0.5, 0.6) is 5.75 Å². The molecule has 1 amide bonds. The minimum absolute atomic E-state index is 0.0113. The van der Waals surface area contributed by atoms with Crippen LogP contribution in [0, 0.1) is 0 Å². The first kappa shape index (κ1) is 18.9. The first-order chi connectivity index (χ1) is 10.6. The molecule has 0 radical (unpaired) electrons. The number of alkyl carbamates (subject to hydrolysis) is 1. The van der Waals surface area contributed by atoms with Gasteiger partial charge >= 0.3 is 12.7 Å². The number of hydrogen-bond acceptors (Lipinski definition) is 4. The molecule has 0 heterocycles. The lowest BCUT2D eigenvalue weighted by atomic mass is 10.0. The Morgan fingerprint density at radius 3 is 2.48 bits per heavy atom. The normalized spacial score (nSPS) is 12.7. The summed E-state index contributed by atoms with van der Waals surface area (Å²) >= 11 is 0. The number of ether oxygens (including phenoxy) is 2. The number of alkyl halides is 2. The Morgan fingerprint density at radius 2 is 1.91 bits per heavy atom. The minimum atomic E-state index is -2.95. The highest BCUT2D eigenvalue weighted by atomic mass is 19.3. The van der Waals surface area contributed by atoms with Crippen molar-refractivity contribution in [3.05, 3.63) is 29.8 Å². The van der Waals surface area contributed by atoms with Crippen molar-refractivity contribution in [2.45, 2.75) is 52.4 Å². The number of amides is 1. The van der Waals surface area contributed by atoms with Gasteiger partial charge in [-0.2, -0.15) is 8.78 Å². The van der Waals surface area contributed by atoms with Crippen LogP contribution in [-0.4, -0.2) is 30.1 Å². The summed E-state index contributed by atoms with van der Waals surface area (Å²) in [5.74, 6) is -0.383. The third-order valence-electron chi connectivity index (χ3n) is 2.64. The highest BCUT2D eigenvalue weighted by molar-refractivity contribution is 5.97. The number of rotatable bonds is 6. The van der Waals surface area contributed by atoms with Gasteiger partial charge in [0.2, 0.25) is 0 Å².